The van der Waals surface area contributed by atoms with Crippen molar-refractivity contribution in [2.24, 2.45) is 0 Å². The summed E-state index contributed by atoms with van der Waals surface area (Å²) in [6.07, 6.45) is 5.30. The lowest BCUT2D eigenvalue weighted by Crippen LogP contribution is -2.20. The van der Waals surface area contributed by atoms with Crippen LogP contribution in [-0.4, -0.2) is 24.5 Å². The molecular formula is C17H25O2P. The minimum Gasteiger partial charge on any atom is -0.346 e. The third-order valence-corrected chi connectivity index (χ3v) is 8.44. The van der Waals surface area contributed by atoms with Crippen molar-refractivity contribution < 1.29 is 9.47 Å². The molecule has 2 aliphatic rings. The first kappa shape index (κ1) is 14.5. The van der Waals surface area contributed by atoms with Crippen LogP contribution in [0.3, 0.4) is 0 Å². The van der Waals surface area contributed by atoms with Gasteiger partial charge in [-0.2, -0.15) is 0 Å². The van der Waals surface area contributed by atoms with Gasteiger partial charge in [-0.15, -0.1) is 0 Å². The van der Waals surface area contributed by atoms with Gasteiger partial charge in [0.15, 0.2) is 6.29 Å². The van der Waals surface area contributed by atoms with E-state index in [2.05, 4.69) is 38.1 Å². The van der Waals surface area contributed by atoms with Gasteiger partial charge < -0.3 is 9.47 Å². The predicted molar refractivity (Wildman–Crippen MR) is 85.0 cm³/mol. The number of hydrogen-bond acceptors (Lipinski definition) is 2. The van der Waals surface area contributed by atoms with Gasteiger partial charge in [0, 0.05) is 5.56 Å². The lowest BCUT2D eigenvalue weighted by atomic mass is 10.1. The van der Waals surface area contributed by atoms with E-state index in [1.165, 1.54) is 31.2 Å². The summed E-state index contributed by atoms with van der Waals surface area (Å²) in [5, 5.41) is 1.55. The monoisotopic (exact) mass is 292 g/mol. The van der Waals surface area contributed by atoms with Crippen LogP contribution < -0.4 is 5.30 Å². The van der Waals surface area contributed by atoms with Gasteiger partial charge in [0.1, 0.15) is 0 Å². The summed E-state index contributed by atoms with van der Waals surface area (Å²) in [5.74, 6) is 0. The number of rotatable bonds is 4. The fraction of sp³-hybridized carbons (Fsp3) is 0.647. The zero-order valence-corrected chi connectivity index (χ0v) is 13.4. The van der Waals surface area contributed by atoms with E-state index in [1.54, 1.807) is 5.30 Å². The molecule has 20 heavy (non-hydrogen) atoms. The molecule has 0 amide bonds. The summed E-state index contributed by atoms with van der Waals surface area (Å²) in [5.41, 5.74) is 3.07. The van der Waals surface area contributed by atoms with Gasteiger partial charge in [-0.05, 0) is 42.3 Å². The van der Waals surface area contributed by atoms with E-state index in [4.69, 9.17) is 9.47 Å². The molecule has 0 radical (unpaired) electrons. The van der Waals surface area contributed by atoms with Crippen LogP contribution in [0.1, 0.15) is 51.4 Å². The second kappa shape index (κ2) is 6.56. The standard InChI is InChI=1S/C17H25O2P/c1-3-13-9-10-14(4-2)20(13)16-8-6-5-7-15(16)17-18-11-12-19-17/h5-8,13-14,17H,3-4,9-12H2,1-2H3. The number of benzene rings is 1. The van der Waals surface area contributed by atoms with Gasteiger partial charge in [-0.3, -0.25) is 0 Å². The topological polar surface area (TPSA) is 18.5 Å². The Morgan fingerprint density at radius 2 is 1.60 bits per heavy atom. The largest absolute Gasteiger partial charge is 0.346 e. The molecule has 2 heterocycles. The van der Waals surface area contributed by atoms with Crippen molar-refractivity contribution in [1.82, 2.24) is 0 Å². The Bertz CT molecular complexity index is 430. The molecule has 2 unspecified atom stereocenters. The molecule has 0 aromatic heterocycles. The molecular weight excluding hydrogens is 267 g/mol. The first-order valence-electron chi connectivity index (χ1n) is 7.95. The first-order valence-corrected chi connectivity index (χ1v) is 9.43. The zero-order valence-electron chi connectivity index (χ0n) is 12.5. The van der Waals surface area contributed by atoms with Crippen molar-refractivity contribution in [2.45, 2.75) is 57.1 Å². The van der Waals surface area contributed by atoms with Gasteiger partial charge in [0.25, 0.3) is 0 Å². The van der Waals surface area contributed by atoms with Gasteiger partial charge in [0.05, 0.1) is 13.2 Å². The van der Waals surface area contributed by atoms with Crippen LogP contribution in [0.2, 0.25) is 0 Å². The molecule has 0 spiro atoms. The van der Waals surface area contributed by atoms with Crippen molar-refractivity contribution in [2.75, 3.05) is 13.2 Å². The average Bonchev–Trinajstić information content (AvgIpc) is 3.16. The van der Waals surface area contributed by atoms with E-state index >= 15 is 0 Å². The molecule has 1 aromatic rings. The maximum absolute atomic E-state index is 5.77. The molecule has 1 aromatic carbocycles. The van der Waals surface area contributed by atoms with E-state index in [-0.39, 0.29) is 14.2 Å². The molecule has 0 N–H and O–H groups in total. The second-order valence-electron chi connectivity index (χ2n) is 5.74. The smallest absolute Gasteiger partial charge is 0.184 e. The molecule has 3 rings (SSSR count). The van der Waals surface area contributed by atoms with Crippen molar-refractivity contribution >= 4 is 13.2 Å². The molecule has 0 saturated carbocycles. The third-order valence-electron chi connectivity index (χ3n) is 4.65. The third kappa shape index (κ3) is 2.66. The Labute approximate surface area is 123 Å². The number of hydrogen-bond donors (Lipinski definition) is 0. The highest BCUT2D eigenvalue weighted by atomic mass is 31.1. The summed E-state index contributed by atoms with van der Waals surface area (Å²) in [4.78, 5) is 0. The van der Waals surface area contributed by atoms with E-state index < -0.39 is 0 Å². The van der Waals surface area contributed by atoms with Crippen molar-refractivity contribution in [1.29, 1.82) is 0 Å². The van der Waals surface area contributed by atoms with Crippen LogP contribution in [0.15, 0.2) is 24.3 Å². The first-order chi connectivity index (χ1) is 9.85. The van der Waals surface area contributed by atoms with Gasteiger partial charge in [0.2, 0.25) is 0 Å². The van der Waals surface area contributed by atoms with Crippen molar-refractivity contribution in [3.8, 4) is 0 Å². The van der Waals surface area contributed by atoms with Crippen molar-refractivity contribution in [3.63, 3.8) is 0 Å². The summed E-state index contributed by atoms with van der Waals surface area (Å²) in [7, 11) is -0.0642. The van der Waals surface area contributed by atoms with Crippen LogP contribution in [0.4, 0.5) is 0 Å². The van der Waals surface area contributed by atoms with E-state index in [0.29, 0.717) is 0 Å². The van der Waals surface area contributed by atoms with E-state index in [0.717, 1.165) is 24.5 Å². The molecule has 2 aliphatic heterocycles. The summed E-state index contributed by atoms with van der Waals surface area (Å²) >= 11 is 0. The van der Waals surface area contributed by atoms with Crippen LogP contribution in [0.25, 0.3) is 0 Å². The maximum Gasteiger partial charge on any atom is 0.184 e. The van der Waals surface area contributed by atoms with Gasteiger partial charge in [-0.25, -0.2) is 0 Å². The molecule has 2 nitrogen and oxygen atoms in total. The fourth-order valence-electron chi connectivity index (χ4n) is 3.62. The molecule has 3 heteroatoms. The van der Waals surface area contributed by atoms with Crippen molar-refractivity contribution in [3.05, 3.63) is 29.8 Å². The quantitative estimate of drug-likeness (QED) is 0.775. The van der Waals surface area contributed by atoms with E-state index in [1.807, 2.05) is 0 Å². The molecule has 2 saturated heterocycles. The number of ether oxygens (including phenoxy) is 2. The predicted octanol–water partition coefficient (Wildman–Crippen LogP) is 4.19. The Balaban J connectivity index is 1.95. The van der Waals surface area contributed by atoms with Crippen LogP contribution in [0.5, 0.6) is 0 Å². The Morgan fingerprint density at radius 3 is 2.20 bits per heavy atom. The van der Waals surface area contributed by atoms with Crippen LogP contribution in [0, 0.1) is 0 Å². The lowest BCUT2D eigenvalue weighted by molar-refractivity contribution is -0.0433. The Morgan fingerprint density at radius 1 is 1.00 bits per heavy atom. The molecule has 2 fully saturated rings. The highest BCUT2D eigenvalue weighted by Crippen LogP contribution is 2.57. The minimum atomic E-state index is -0.121. The molecule has 0 bridgehead atoms. The maximum atomic E-state index is 5.77. The minimum absolute atomic E-state index is 0.0642. The Hall–Kier alpha value is -0.430. The normalized spacial score (nSPS) is 31.0. The second-order valence-corrected chi connectivity index (χ2v) is 8.50. The summed E-state index contributed by atoms with van der Waals surface area (Å²) in [6, 6.07) is 8.86. The Kier molecular flexibility index (Phi) is 4.75. The van der Waals surface area contributed by atoms with Crippen LogP contribution >= 0.6 is 7.92 Å². The highest BCUT2D eigenvalue weighted by Gasteiger charge is 2.37. The zero-order chi connectivity index (χ0) is 13.9. The molecule has 2 atom stereocenters. The lowest BCUT2D eigenvalue weighted by Gasteiger charge is -2.28. The van der Waals surface area contributed by atoms with Gasteiger partial charge in [-0.1, -0.05) is 46.0 Å². The highest BCUT2D eigenvalue weighted by molar-refractivity contribution is 7.67. The summed E-state index contributed by atoms with van der Waals surface area (Å²) < 4.78 is 11.5. The fourth-order valence-corrected chi connectivity index (χ4v) is 7.38. The van der Waals surface area contributed by atoms with Crippen LogP contribution in [-0.2, 0) is 9.47 Å². The van der Waals surface area contributed by atoms with Gasteiger partial charge >= 0.3 is 0 Å². The molecule has 110 valence electrons. The molecule has 0 aliphatic carbocycles. The SMILES string of the molecule is CCC1CCC(CC)P1c1ccccc1C1OCCO1. The van der Waals surface area contributed by atoms with E-state index in [9.17, 15) is 0 Å². The summed E-state index contributed by atoms with van der Waals surface area (Å²) in [6.45, 7) is 6.16. The average molecular weight is 292 g/mol.